The number of benzene rings is 1. The van der Waals surface area contributed by atoms with Gasteiger partial charge in [-0.1, -0.05) is 17.7 Å². The highest BCUT2D eigenvalue weighted by Gasteiger charge is 2.31. The highest BCUT2D eigenvalue weighted by molar-refractivity contribution is 8.00. The van der Waals surface area contributed by atoms with E-state index in [0.717, 1.165) is 13.0 Å². The van der Waals surface area contributed by atoms with Gasteiger partial charge in [-0.25, -0.2) is 0 Å². The van der Waals surface area contributed by atoms with Gasteiger partial charge in [-0.15, -0.1) is 11.8 Å². The molecule has 0 radical (unpaired) electrons. The van der Waals surface area contributed by atoms with E-state index in [1.54, 1.807) is 11.8 Å². The fourth-order valence-corrected chi connectivity index (χ4v) is 3.74. The van der Waals surface area contributed by atoms with Crippen molar-refractivity contribution in [2.24, 2.45) is 11.7 Å². The van der Waals surface area contributed by atoms with Crippen molar-refractivity contribution in [3.05, 3.63) is 29.3 Å². The summed E-state index contributed by atoms with van der Waals surface area (Å²) in [6.45, 7) is 7.81. The number of thioether (sulfide) groups is 1. The number of hydrogen-bond acceptors (Lipinski definition) is 3. The lowest BCUT2D eigenvalue weighted by atomic mass is 10.1. The zero-order valence-electron chi connectivity index (χ0n) is 12.6. The van der Waals surface area contributed by atoms with Crippen LogP contribution in [0.2, 0.25) is 0 Å². The van der Waals surface area contributed by atoms with Crippen LogP contribution >= 0.6 is 11.8 Å². The van der Waals surface area contributed by atoms with Crippen LogP contribution < -0.4 is 5.73 Å². The number of amides is 1. The van der Waals surface area contributed by atoms with E-state index in [0.29, 0.717) is 24.3 Å². The molecule has 1 aliphatic heterocycles. The second-order valence-corrected chi connectivity index (χ2v) is 6.81. The van der Waals surface area contributed by atoms with Gasteiger partial charge in [0.25, 0.3) is 0 Å². The molecule has 1 heterocycles. The molecular weight excluding hydrogens is 268 g/mol. The highest BCUT2D eigenvalue weighted by atomic mass is 32.2. The molecule has 2 N–H and O–H groups in total. The Hall–Kier alpha value is -1.00. The highest BCUT2D eigenvalue weighted by Crippen LogP contribution is 2.26. The third-order valence-corrected chi connectivity index (χ3v) is 5.16. The molecule has 1 aromatic carbocycles. The lowest BCUT2D eigenvalue weighted by molar-refractivity contribution is -0.128. The molecule has 1 aromatic rings. The summed E-state index contributed by atoms with van der Waals surface area (Å²) >= 11 is 1.64. The number of rotatable bonds is 4. The second-order valence-electron chi connectivity index (χ2n) is 5.79. The molecule has 3 nitrogen and oxygen atoms in total. The van der Waals surface area contributed by atoms with Crippen molar-refractivity contribution in [2.45, 2.75) is 38.1 Å². The molecule has 2 rings (SSSR count). The number of aryl methyl sites for hydroxylation is 2. The van der Waals surface area contributed by atoms with E-state index < -0.39 is 0 Å². The first kappa shape index (κ1) is 15.4. The van der Waals surface area contributed by atoms with E-state index in [2.05, 4.69) is 39.0 Å². The van der Waals surface area contributed by atoms with Crippen molar-refractivity contribution in [3.63, 3.8) is 0 Å². The number of carbonyl (C=O) groups is 1. The lowest BCUT2D eigenvalue weighted by Crippen LogP contribution is -2.35. The number of carbonyl (C=O) groups excluding carboxylic acids is 1. The zero-order chi connectivity index (χ0) is 14.7. The van der Waals surface area contributed by atoms with E-state index >= 15 is 0 Å². The van der Waals surface area contributed by atoms with Gasteiger partial charge in [0, 0.05) is 17.5 Å². The summed E-state index contributed by atoms with van der Waals surface area (Å²) in [5, 5.41) is 0. The van der Waals surface area contributed by atoms with Crippen molar-refractivity contribution < 1.29 is 4.79 Å². The van der Waals surface area contributed by atoms with Crippen LogP contribution in [0.4, 0.5) is 0 Å². The SMILES string of the molecule is Cc1ccc(SCC(=O)N2CC(CN)CC2C)c(C)c1. The molecular formula is C16H24N2OS. The van der Waals surface area contributed by atoms with Crippen LogP contribution in [-0.2, 0) is 4.79 Å². The Bertz CT molecular complexity index is 489. The normalized spacial score (nSPS) is 22.3. The molecule has 4 heteroatoms. The largest absolute Gasteiger partial charge is 0.339 e. The van der Waals surface area contributed by atoms with E-state index in [1.165, 1.54) is 16.0 Å². The molecule has 0 bridgehead atoms. The quantitative estimate of drug-likeness (QED) is 0.868. The van der Waals surface area contributed by atoms with Gasteiger partial charge in [-0.3, -0.25) is 4.79 Å². The topological polar surface area (TPSA) is 46.3 Å². The Morgan fingerprint density at radius 3 is 2.80 bits per heavy atom. The predicted molar refractivity (Wildman–Crippen MR) is 85.0 cm³/mol. The molecule has 110 valence electrons. The Kier molecular flexibility index (Phi) is 5.11. The molecule has 1 fully saturated rings. The first-order valence-electron chi connectivity index (χ1n) is 7.21. The lowest BCUT2D eigenvalue weighted by Gasteiger charge is -2.21. The second kappa shape index (κ2) is 6.64. The Morgan fingerprint density at radius 1 is 1.45 bits per heavy atom. The monoisotopic (exact) mass is 292 g/mol. The van der Waals surface area contributed by atoms with Crippen molar-refractivity contribution in [1.82, 2.24) is 4.90 Å². The molecule has 0 aromatic heterocycles. The smallest absolute Gasteiger partial charge is 0.233 e. The maximum atomic E-state index is 12.3. The van der Waals surface area contributed by atoms with Crippen LogP contribution in [0.25, 0.3) is 0 Å². The van der Waals surface area contributed by atoms with Crippen LogP contribution in [-0.4, -0.2) is 35.7 Å². The van der Waals surface area contributed by atoms with Crippen molar-refractivity contribution in [2.75, 3.05) is 18.8 Å². The third kappa shape index (κ3) is 3.55. The van der Waals surface area contributed by atoms with Crippen molar-refractivity contribution in [1.29, 1.82) is 0 Å². The minimum atomic E-state index is 0.235. The number of likely N-dealkylation sites (tertiary alicyclic amines) is 1. The zero-order valence-corrected chi connectivity index (χ0v) is 13.4. The number of nitrogens with two attached hydrogens (primary N) is 1. The van der Waals surface area contributed by atoms with Crippen LogP contribution in [0.15, 0.2) is 23.1 Å². The molecule has 0 spiro atoms. The maximum absolute atomic E-state index is 12.3. The Labute approximate surface area is 125 Å². The fourth-order valence-electron chi connectivity index (χ4n) is 2.84. The summed E-state index contributed by atoms with van der Waals surface area (Å²) in [6.07, 6.45) is 1.04. The van der Waals surface area contributed by atoms with Gasteiger partial charge in [-0.05, 0) is 51.3 Å². The maximum Gasteiger partial charge on any atom is 0.233 e. The molecule has 20 heavy (non-hydrogen) atoms. The van der Waals surface area contributed by atoms with Crippen LogP contribution in [0, 0.1) is 19.8 Å². The first-order valence-corrected chi connectivity index (χ1v) is 8.19. The van der Waals surface area contributed by atoms with Gasteiger partial charge in [0.15, 0.2) is 0 Å². The van der Waals surface area contributed by atoms with Crippen LogP contribution in [0.5, 0.6) is 0 Å². The van der Waals surface area contributed by atoms with Gasteiger partial charge >= 0.3 is 0 Å². The minimum Gasteiger partial charge on any atom is -0.339 e. The number of nitrogens with zero attached hydrogens (tertiary/aromatic N) is 1. The molecule has 1 amide bonds. The van der Waals surface area contributed by atoms with Crippen LogP contribution in [0.3, 0.4) is 0 Å². The average Bonchev–Trinajstić information content (AvgIpc) is 2.79. The van der Waals surface area contributed by atoms with Gasteiger partial charge < -0.3 is 10.6 Å². The Balaban J connectivity index is 1.92. The van der Waals surface area contributed by atoms with Crippen molar-refractivity contribution in [3.8, 4) is 0 Å². The first-order chi connectivity index (χ1) is 9.51. The summed E-state index contributed by atoms with van der Waals surface area (Å²) < 4.78 is 0. The summed E-state index contributed by atoms with van der Waals surface area (Å²) in [4.78, 5) is 15.5. The molecule has 1 aliphatic rings. The summed E-state index contributed by atoms with van der Waals surface area (Å²) in [6, 6.07) is 6.70. The fraction of sp³-hybridized carbons (Fsp3) is 0.562. The van der Waals surface area contributed by atoms with E-state index in [9.17, 15) is 4.79 Å². The third-order valence-electron chi connectivity index (χ3n) is 4.00. The molecule has 2 atom stereocenters. The van der Waals surface area contributed by atoms with E-state index in [1.807, 2.05) is 4.90 Å². The summed E-state index contributed by atoms with van der Waals surface area (Å²) in [7, 11) is 0. The van der Waals surface area contributed by atoms with Crippen molar-refractivity contribution >= 4 is 17.7 Å². The van der Waals surface area contributed by atoms with E-state index in [4.69, 9.17) is 5.73 Å². The molecule has 1 saturated heterocycles. The van der Waals surface area contributed by atoms with Gasteiger partial charge in [0.05, 0.1) is 5.75 Å². The average molecular weight is 292 g/mol. The Morgan fingerprint density at radius 2 is 2.20 bits per heavy atom. The minimum absolute atomic E-state index is 0.235. The van der Waals surface area contributed by atoms with Gasteiger partial charge in [0.1, 0.15) is 0 Å². The van der Waals surface area contributed by atoms with E-state index in [-0.39, 0.29) is 5.91 Å². The number of hydrogen-bond donors (Lipinski definition) is 1. The molecule has 2 unspecified atom stereocenters. The van der Waals surface area contributed by atoms with Crippen LogP contribution in [0.1, 0.15) is 24.5 Å². The summed E-state index contributed by atoms with van der Waals surface area (Å²) in [5.41, 5.74) is 8.22. The predicted octanol–water partition coefficient (Wildman–Crippen LogP) is 2.59. The summed E-state index contributed by atoms with van der Waals surface area (Å²) in [5.74, 6) is 1.23. The van der Waals surface area contributed by atoms with Gasteiger partial charge in [-0.2, -0.15) is 0 Å². The molecule has 0 saturated carbocycles. The van der Waals surface area contributed by atoms with Gasteiger partial charge in [0.2, 0.25) is 5.91 Å². The molecule has 0 aliphatic carbocycles. The standard InChI is InChI=1S/C16H24N2OS/c1-11-4-5-15(12(2)6-11)20-10-16(19)18-9-14(8-17)7-13(18)3/h4-6,13-14H,7-10,17H2,1-3H3.